The molecule has 0 bridgehead atoms. The SMILES string of the molecule is CC1CCCC(CCNC(=O)C(CN)c2ccccc2)C1. The first-order chi connectivity index (χ1) is 10.2. The van der Waals surface area contributed by atoms with Gasteiger partial charge >= 0.3 is 0 Å². The second kappa shape index (κ2) is 8.18. The number of nitrogens with one attached hydrogen (secondary N) is 1. The minimum Gasteiger partial charge on any atom is -0.356 e. The molecule has 1 fully saturated rings. The lowest BCUT2D eigenvalue weighted by atomic mass is 9.81. The maximum Gasteiger partial charge on any atom is 0.228 e. The van der Waals surface area contributed by atoms with Crippen LogP contribution in [0.2, 0.25) is 0 Å². The standard InChI is InChI=1S/C18H28N2O/c1-14-6-5-7-15(12-14)10-11-20-18(21)17(13-19)16-8-3-2-4-9-16/h2-4,8-9,14-15,17H,5-7,10-13,19H2,1H3,(H,20,21). The lowest BCUT2D eigenvalue weighted by molar-refractivity contribution is -0.122. The van der Waals surface area contributed by atoms with Gasteiger partial charge in [-0.05, 0) is 30.2 Å². The molecular formula is C18H28N2O. The average Bonchev–Trinajstić information content (AvgIpc) is 2.49. The van der Waals surface area contributed by atoms with Gasteiger partial charge in [0.2, 0.25) is 5.91 Å². The van der Waals surface area contributed by atoms with Gasteiger partial charge < -0.3 is 11.1 Å². The summed E-state index contributed by atoms with van der Waals surface area (Å²) in [6.07, 6.45) is 6.44. The van der Waals surface area contributed by atoms with Crippen molar-refractivity contribution in [1.82, 2.24) is 5.32 Å². The summed E-state index contributed by atoms with van der Waals surface area (Å²) >= 11 is 0. The molecule has 0 aromatic heterocycles. The first-order valence-electron chi connectivity index (χ1n) is 8.23. The van der Waals surface area contributed by atoms with E-state index in [0.717, 1.165) is 30.4 Å². The third-order valence-electron chi connectivity index (χ3n) is 4.65. The molecule has 2 rings (SSSR count). The van der Waals surface area contributed by atoms with Crippen LogP contribution in [-0.2, 0) is 4.79 Å². The number of nitrogens with two attached hydrogens (primary N) is 1. The van der Waals surface area contributed by atoms with Crippen molar-refractivity contribution < 1.29 is 4.79 Å². The Morgan fingerprint density at radius 1 is 1.33 bits per heavy atom. The average molecular weight is 288 g/mol. The summed E-state index contributed by atoms with van der Waals surface area (Å²) < 4.78 is 0. The number of carbonyl (C=O) groups is 1. The largest absolute Gasteiger partial charge is 0.356 e. The van der Waals surface area contributed by atoms with Crippen LogP contribution in [0.25, 0.3) is 0 Å². The van der Waals surface area contributed by atoms with E-state index < -0.39 is 0 Å². The van der Waals surface area contributed by atoms with Gasteiger partial charge in [0.15, 0.2) is 0 Å². The molecule has 0 aliphatic heterocycles. The molecular weight excluding hydrogens is 260 g/mol. The predicted molar refractivity (Wildman–Crippen MR) is 87.0 cm³/mol. The molecule has 3 atom stereocenters. The van der Waals surface area contributed by atoms with Gasteiger partial charge in [0.05, 0.1) is 5.92 Å². The fourth-order valence-electron chi connectivity index (χ4n) is 3.42. The second-order valence-corrected chi connectivity index (χ2v) is 6.42. The molecule has 116 valence electrons. The van der Waals surface area contributed by atoms with Crippen molar-refractivity contribution in [2.45, 2.75) is 44.9 Å². The minimum atomic E-state index is -0.225. The van der Waals surface area contributed by atoms with Crippen molar-refractivity contribution in [1.29, 1.82) is 0 Å². The third kappa shape index (κ3) is 4.85. The number of carbonyl (C=O) groups excluding carboxylic acids is 1. The van der Waals surface area contributed by atoms with Crippen molar-refractivity contribution >= 4 is 5.91 Å². The number of amides is 1. The van der Waals surface area contributed by atoms with E-state index >= 15 is 0 Å². The molecule has 1 aliphatic rings. The number of rotatable bonds is 6. The lowest BCUT2D eigenvalue weighted by Gasteiger charge is -2.27. The van der Waals surface area contributed by atoms with Gasteiger partial charge in [-0.25, -0.2) is 0 Å². The van der Waals surface area contributed by atoms with Crippen LogP contribution in [0.3, 0.4) is 0 Å². The van der Waals surface area contributed by atoms with Gasteiger partial charge in [0.25, 0.3) is 0 Å². The van der Waals surface area contributed by atoms with Crippen molar-refractivity contribution in [3.8, 4) is 0 Å². The zero-order chi connectivity index (χ0) is 15.1. The van der Waals surface area contributed by atoms with Crippen molar-refractivity contribution in [3.05, 3.63) is 35.9 Å². The number of benzene rings is 1. The molecule has 1 aromatic rings. The summed E-state index contributed by atoms with van der Waals surface area (Å²) in [5.74, 6) is 1.46. The van der Waals surface area contributed by atoms with E-state index in [0.29, 0.717) is 6.54 Å². The van der Waals surface area contributed by atoms with Crippen LogP contribution in [0, 0.1) is 11.8 Å². The molecule has 0 saturated heterocycles. The Kier molecular flexibility index (Phi) is 6.24. The second-order valence-electron chi connectivity index (χ2n) is 6.42. The highest BCUT2D eigenvalue weighted by Gasteiger charge is 2.21. The maximum absolute atomic E-state index is 12.3. The van der Waals surface area contributed by atoms with Crippen LogP contribution >= 0.6 is 0 Å². The van der Waals surface area contributed by atoms with Crippen molar-refractivity contribution in [2.24, 2.45) is 17.6 Å². The fraction of sp³-hybridized carbons (Fsp3) is 0.611. The molecule has 3 unspecified atom stereocenters. The molecule has 0 radical (unpaired) electrons. The Hall–Kier alpha value is -1.35. The predicted octanol–water partition coefficient (Wildman–Crippen LogP) is 3.06. The zero-order valence-electron chi connectivity index (χ0n) is 13.1. The molecule has 0 heterocycles. The van der Waals surface area contributed by atoms with Crippen LogP contribution in [0.5, 0.6) is 0 Å². The highest BCUT2D eigenvalue weighted by molar-refractivity contribution is 5.83. The normalized spacial score (nSPS) is 23.5. The van der Waals surface area contributed by atoms with Crippen molar-refractivity contribution in [3.63, 3.8) is 0 Å². The summed E-state index contributed by atoms with van der Waals surface area (Å²) in [5, 5.41) is 3.08. The summed E-state index contributed by atoms with van der Waals surface area (Å²) in [7, 11) is 0. The first-order valence-corrected chi connectivity index (χ1v) is 8.23. The lowest BCUT2D eigenvalue weighted by Crippen LogP contribution is -2.34. The van der Waals surface area contributed by atoms with Gasteiger partial charge in [-0.2, -0.15) is 0 Å². The Morgan fingerprint density at radius 3 is 2.76 bits per heavy atom. The van der Waals surface area contributed by atoms with E-state index in [2.05, 4.69) is 12.2 Å². The Morgan fingerprint density at radius 2 is 2.10 bits per heavy atom. The zero-order valence-corrected chi connectivity index (χ0v) is 13.1. The van der Waals surface area contributed by atoms with E-state index in [1.807, 2.05) is 30.3 Å². The van der Waals surface area contributed by atoms with Gasteiger partial charge in [0.1, 0.15) is 0 Å². The molecule has 1 saturated carbocycles. The molecule has 3 heteroatoms. The van der Waals surface area contributed by atoms with Gasteiger partial charge in [-0.1, -0.05) is 56.5 Å². The molecule has 3 nitrogen and oxygen atoms in total. The number of hydrogen-bond donors (Lipinski definition) is 2. The molecule has 0 spiro atoms. The molecule has 1 amide bonds. The Balaban J connectivity index is 1.78. The molecule has 3 N–H and O–H groups in total. The van der Waals surface area contributed by atoms with E-state index in [9.17, 15) is 4.79 Å². The summed E-state index contributed by atoms with van der Waals surface area (Å²) in [4.78, 5) is 12.3. The monoisotopic (exact) mass is 288 g/mol. The highest BCUT2D eigenvalue weighted by atomic mass is 16.1. The van der Waals surface area contributed by atoms with E-state index in [1.54, 1.807) is 0 Å². The van der Waals surface area contributed by atoms with E-state index in [4.69, 9.17) is 5.73 Å². The summed E-state index contributed by atoms with van der Waals surface area (Å²) in [6, 6.07) is 9.81. The molecule has 1 aromatic carbocycles. The fourth-order valence-corrected chi connectivity index (χ4v) is 3.42. The summed E-state index contributed by atoms with van der Waals surface area (Å²) in [6.45, 7) is 3.47. The van der Waals surface area contributed by atoms with Crippen LogP contribution in [-0.4, -0.2) is 19.0 Å². The molecule has 21 heavy (non-hydrogen) atoms. The summed E-state index contributed by atoms with van der Waals surface area (Å²) in [5.41, 5.74) is 6.78. The van der Waals surface area contributed by atoms with Crippen LogP contribution in [0.1, 0.15) is 50.5 Å². The van der Waals surface area contributed by atoms with Crippen LogP contribution < -0.4 is 11.1 Å². The third-order valence-corrected chi connectivity index (χ3v) is 4.65. The maximum atomic E-state index is 12.3. The van der Waals surface area contributed by atoms with Crippen LogP contribution in [0.15, 0.2) is 30.3 Å². The van der Waals surface area contributed by atoms with Crippen molar-refractivity contribution in [2.75, 3.05) is 13.1 Å². The molecule has 1 aliphatic carbocycles. The highest BCUT2D eigenvalue weighted by Crippen LogP contribution is 2.30. The quantitative estimate of drug-likeness (QED) is 0.845. The van der Waals surface area contributed by atoms with E-state index in [-0.39, 0.29) is 11.8 Å². The van der Waals surface area contributed by atoms with Crippen LogP contribution in [0.4, 0.5) is 0 Å². The minimum absolute atomic E-state index is 0.0626. The van der Waals surface area contributed by atoms with Gasteiger partial charge in [0, 0.05) is 13.1 Å². The smallest absolute Gasteiger partial charge is 0.228 e. The number of hydrogen-bond acceptors (Lipinski definition) is 2. The van der Waals surface area contributed by atoms with Gasteiger partial charge in [-0.15, -0.1) is 0 Å². The Labute approximate surface area is 128 Å². The van der Waals surface area contributed by atoms with Gasteiger partial charge in [-0.3, -0.25) is 4.79 Å². The van der Waals surface area contributed by atoms with E-state index in [1.165, 1.54) is 25.7 Å². The Bertz CT molecular complexity index is 432. The topological polar surface area (TPSA) is 55.1 Å². The first kappa shape index (κ1) is 16.0.